The summed E-state index contributed by atoms with van der Waals surface area (Å²) in [5.74, 6) is -0.436. The summed E-state index contributed by atoms with van der Waals surface area (Å²) in [6, 6.07) is 6.50. The fourth-order valence-corrected chi connectivity index (χ4v) is 3.93. The van der Waals surface area contributed by atoms with Crippen LogP contribution in [0.3, 0.4) is 0 Å². The van der Waals surface area contributed by atoms with Crippen LogP contribution in [0.25, 0.3) is 17.0 Å². The summed E-state index contributed by atoms with van der Waals surface area (Å²) >= 11 is 0. The van der Waals surface area contributed by atoms with Crippen molar-refractivity contribution in [2.75, 3.05) is 63.8 Å². The molecule has 1 unspecified atom stereocenters. The Morgan fingerprint density at radius 3 is 2.76 bits per heavy atom. The number of morpholine rings is 1. The number of fused-ring (bicyclic) bond motifs is 1. The molecule has 2 aliphatic heterocycles. The molecule has 0 bridgehead atoms. The highest BCUT2D eigenvalue weighted by atomic mass is 16.5. The number of hydrogen-bond acceptors (Lipinski definition) is 9. The summed E-state index contributed by atoms with van der Waals surface area (Å²) in [5.41, 5.74) is 3.99. The van der Waals surface area contributed by atoms with E-state index in [0.717, 1.165) is 11.1 Å². The van der Waals surface area contributed by atoms with Gasteiger partial charge in [-0.05, 0) is 17.7 Å². The summed E-state index contributed by atoms with van der Waals surface area (Å²) in [5, 5.41) is 22.5. The maximum atomic E-state index is 12.0. The Kier molecular flexibility index (Phi) is 7.07. The van der Waals surface area contributed by atoms with E-state index in [4.69, 9.17) is 19.4 Å². The molecule has 0 aliphatic carbocycles. The minimum absolute atomic E-state index is 0.104. The molecule has 0 saturated carbocycles. The molecule has 0 spiro atoms. The van der Waals surface area contributed by atoms with Gasteiger partial charge in [0.05, 0.1) is 43.5 Å². The molecule has 2 aromatic rings. The average molecular weight is 456 g/mol. The van der Waals surface area contributed by atoms with Crippen molar-refractivity contribution in [3.05, 3.63) is 41.6 Å². The van der Waals surface area contributed by atoms with Crippen molar-refractivity contribution in [3.63, 3.8) is 0 Å². The third-order valence-electron chi connectivity index (χ3n) is 5.75. The number of nitrogens with zero attached hydrogens (tertiary/aromatic N) is 4. The summed E-state index contributed by atoms with van der Waals surface area (Å²) in [4.78, 5) is 25.7. The van der Waals surface area contributed by atoms with E-state index >= 15 is 0 Å². The van der Waals surface area contributed by atoms with Crippen LogP contribution < -0.4 is 10.2 Å². The number of carbonyl (C=O) groups is 1. The number of rotatable bonds is 8. The lowest BCUT2D eigenvalue weighted by molar-refractivity contribution is -0.136. The molecule has 33 heavy (non-hydrogen) atoms. The van der Waals surface area contributed by atoms with E-state index in [1.165, 1.54) is 0 Å². The first-order valence-corrected chi connectivity index (χ1v) is 10.9. The molecule has 1 atom stereocenters. The van der Waals surface area contributed by atoms with Gasteiger partial charge >= 0.3 is 5.97 Å². The molecule has 176 valence electrons. The van der Waals surface area contributed by atoms with Gasteiger partial charge in [-0.2, -0.15) is 0 Å². The molecule has 3 heterocycles. The predicted octanol–water partition coefficient (Wildman–Crippen LogP) is 1.27. The van der Waals surface area contributed by atoms with Gasteiger partial charge in [0, 0.05) is 39.4 Å². The Hall–Kier alpha value is -3.21. The number of hydrogen-bond donors (Lipinski definition) is 3. The fraction of sp³-hybridized carbons (Fsp3) is 0.435. The first kappa shape index (κ1) is 23.0. The van der Waals surface area contributed by atoms with Crippen molar-refractivity contribution in [2.45, 2.75) is 12.6 Å². The number of anilines is 2. The first-order chi connectivity index (χ1) is 16.0. The molecule has 10 heteroatoms. The first-order valence-electron chi connectivity index (χ1n) is 10.9. The molecule has 2 aliphatic rings. The van der Waals surface area contributed by atoms with Crippen molar-refractivity contribution in [1.82, 2.24) is 14.9 Å². The van der Waals surface area contributed by atoms with Crippen LogP contribution in [0.4, 0.5) is 11.6 Å². The molecule has 1 saturated heterocycles. The molecule has 1 aromatic carbocycles. The zero-order valence-corrected chi connectivity index (χ0v) is 18.8. The van der Waals surface area contributed by atoms with Crippen LogP contribution in [0, 0.1) is 0 Å². The summed E-state index contributed by atoms with van der Waals surface area (Å²) in [7, 11) is 3.52. The van der Waals surface area contributed by atoms with Gasteiger partial charge in [0.2, 0.25) is 5.95 Å². The lowest BCUT2D eigenvalue weighted by atomic mass is 10.0. The third kappa shape index (κ3) is 4.92. The van der Waals surface area contributed by atoms with Crippen molar-refractivity contribution in [3.8, 4) is 11.3 Å². The van der Waals surface area contributed by atoms with Crippen LogP contribution >= 0.6 is 0 Å². The minimum atomic E-state index is -0.995. The van der Waals surface area contributed by atoms with E-state index in [0.29, 0.717) is 68.2 Å². The standard InChI is InChI=1S/C23H29N5O5/c1-27(6-9-32-2)18-13-17(22(30)31)24-21-19(16-5-3-4-15(12-16)14-29)25-23(26-20(18)21)28-7-10-33-11-8-28/h3-5,12-13,17,24,29H,6-11,14H2,1-2H3,(H,30,31). The Balaban J connectivity index is 1.89. The highest BCUT2D eigenvalue weighted by Crippen LogP contribution is 2.38. The molecule has 0 radical (unpaired) electrons. The highest BCUT2D eigenvalue weighted by molar-refractivity contribution is 5.93. The summed E-state index contributed by atoms with van der Waals surface area (Å²) < 4.78 is 10.7. The minimum Gasteiger partial charge on any atom is -0.479 e. The van der Waals surface area contributed by atoms with Crippen LogP contribution in [0.15, 0.2) is 30.3 Å². The Bertz CT molecular complexity index is 1040. The predicted molar refractivity (Wildman–Crippen MR) is 124 cm³/mol. The quantitative estimate of drug-likeness (QED) is 0.537. The van der Waals surface area contributed by atoms with Gasteiger partial charge in [-0.15, -0.1) is 0 Å². The van der Waals surface area contributed by atoms with Gasteiger partial charge < -0.3 is 34.8 Å². The van der Waals surface area contributed by atoms with Crippen molar-refractivity contribution in [1.29, 1.82) is 0 Å². The maximum Gasteiger partial charge on any atom is 0.330 e. The maximum absolute atomic E-state index is 12.0. The lowest BCUT2D eigenvalue weighted by Crippen LogP contribution is -2.39. The zero-order valence-electron chi connectivity index (χ0n) is 18.8. The van der Waals surface area contributed by atoms with Gasteiger partial charge in [-0.1, -0.05) is 18.2 Å². The molecule has 10 nitrogen and oxygen atoms in total. The SMILES string of the molecule is COCCN(C)C1=CC(C(=O)O)Nc2c1nc(N1CCOCC1)nc2-c1cccc(CO)c1. The summed E-state index contributed by atoms with van der Waals surface area (Å²) in [6.07, 6.45) is 1.67. The second-order valence-electron chi connectivity index (χ2n) is 7.98. The van der Waals surface area contributed by atoms with Gasteiger partial charge in [0.1, 0.15) is 11.7 Å². The number of aliphatic hydroxyl groups excluding tert-OH is 1. The Morgan fingerprint density at radius 2 is 2.06 bits per heavy atom. The van der Waals surface area contributed by atoms with E-state index in [1.54, 1.807) is 13.2 Å². The number of aliphatic carboxylic acids is 1. The van der Waals surface area contributed by atoms with Gasteiger partial charge in [-0.25, -0.2) is 14.8 Å². The van der Waals surface area contributed by atoms with Crippen LogP contribution in [0.1, 0.15) is 11.3 Å². The topological polar surface area (TPSA) is 120 Å². The van der Waals surface area contributed by atoms with Gasteiger partial charge in [0.25, 0.3) is 0 Å². The normalized spacial score (nSPS) is 17.7. The number of carboxylic acids is 1. The van der Waals surface area contributed by atoms with E-state index in [9.17, 15) is 15.0 Å². The molecular weight excluding hydrogens is 426 g/mol. The zero-order chi connectivity index (χ0) is 23.4. The number of aromatic nitrogens is 2. The van der Waals surface area contributed by atoms with Crippen molar-refractivity contribution in [2.24, 2.45) is 0 Å². The van der Waals surface area contributed by atoms with Crippen molar-refractivity contribution < 1.29 is 24.5 Å². The summed E-state index contributed by atoms with van der Waals surface area (Å²) in [6.45, 7) is 3.46. The lowest BCUT2D eigenvalue weighted by Gasteiger charge is -2.33. The molecule has 1 aromatic heterocycles. The number of methoxy groups -OCH3 is 1. The van der Waals surface area contributed by atoms with Crippen LogP contribution in [-0.2, 0) is 20.9 Å². The number of aliphatic hydroxyl groups is 1. The molecule has 4 rings (SSSR count). The number of likely N-dealkylation sites (N-methyl/N-ethyl adjacent to an activating group) is 1. The van der Waals surface area contributed by atoms with E-state index in [-0.39, 0.29) is 6.61 Å². The third-order valence-corrected chi connectivity index (χ3v) is 5.75. The van der Waals surface area contributed by atoms with Crippen LogP contribution in [0.5, 0.6) is 0 Å². The Labute approximate surface area is 192 Å². The largest absolute Gasteiger partial charge is 0.479 e. The van der Waals surface area contributed by atoms with E-state index < -0.39 is 12.0 Å². The second kappa shape index (κ2) is 10.2. The molecule has 0 amide bonds. The van der Waals surface area contributed by atoms with E-state index in [2.05, 4.69) is 10.2 Å². The second-order valence-corrected chi connectivity index (χ2v) is 7.98. The molecule has 1 fully saturated rings. The van der Waals surface area contributed by atoms with Crippen LogP contribution in [-0.4, -0.2) is 90.7 Å². The molecule has 3 N–H and O–H groups in total. The number of nitrogens with one attached hydrogen (secondary N) is 1. The number of benzene rings is 1. The number of ether oxygens (including phenoxy) is 2. The smallest absolute Gasteiger partial charge is 0.330 e. The fourth-order valence-electron chi connectivity index (χ4n) is 3.93. The van der Waals surface area contributed by atoms with Crippen molar-refractivity contribution >= 4 is 23.3 Å². The number of carboxylic acid groups (broad SMARTS) is 1. The van der Waals surface area contributed by atoms with Crippen LogP contribution in [0.2, 0.25) is 0 Å². The van der Waals surface area contributed by atoms with Gasteiger partial charge in [0.15, 0.2) is 0 Å². The Morgan fingerprint density at radius 1 is 1.30 bits per heavy atom. The molecular formula is C23H29N5O5. The van der Waals surface area contributed by atoms with E-state index in [1.807, 2.05) is 36.2 Å². The monoisotopic (exact) mass is 455 g/mol. The highest BCUT2D eigenvalue weighted by Gasteiger charge is 2.31. The van der Waals surface area contributed by atoms with Gasteiger partial charge in [-0.3, -0.25) is 0 Å². The average Bonchev–Trinajstić information content (AvgIpc) is 2.86.